The topological polar surface area (TPSA) is 29.3 Å². The number of hydrogen-bond acceptors (Lipinski definition) is 2. The van der Waals surface area contributed by atoms with Gasteiger partial charge in [0.1, 0.15) is 0 Å². The first-order chi connectivity index (χ1) is 7.04. The molecule has 0 bridgehead atoms. The van der Waals surface area contributed by atoms with Crippen molar-refractivity contribution in [2.45, 2.75) is 59.0 Å². The lowest BCUT2D eigenvalue weighted by Crippen LogP contribution is -2.45. The Hall–Kier alpha value is -0.0800. The van der Waals surface area contributed by atoms with Crippen LogP contribution in [0.15, 0.2) is 0 Å². The monoisotopic (exact) mass is 212 g/mol. The van der Waals surface area contributed by atoms with Gasteiger partial charge in [-0.15, -0.1) is 0 Å². The summed E-state index contributed by atoms with van der Waals surface area (Å²) < 4.78 is 0. The maximum Gasteiger partial charge on any atom is 0.0193 e. The summed E-state index contributed by atoms with van der Waals surface area (Å²) in [4.78, 5) is 2.56. The van der Waals surface area contributed by atoms with E-state index in [1.165, 1.54) is 25.8 Å². The Bertz CT molecular complexity index is 175. The highest BCUT2D eigenvalue weighted by Gasteiger charge is 2.26. The molecule has 15 heavy (non-hydrogen) atoms. The second kappa shape index (κ2) is 5.86. The zero-order valence-electron chi connectivity index (χ0n) is 10.9. The van der Waals surface area contributed by atoms with Gasteiger partial charge in [-0.3, -0.25) is 4.90 Å². The van der Waals surface area contributed by atoms with Crippen LogP contribution < -0.4 is 5.73 Å². The molecule has 90 valence electrons. The summed E-state index contributed by atoms with van der Waals surface area (Å²) in [6.07, 6.45) is 4.06. The molecule has 0 aromatic heterocycles. The van der Waals surface area contributed by atoms with E-state index in [-0.39, 0.29) is 0 Å². The van der Waals surface area contributed by atoms with Gasteiger partial charge in [0.15, 0.2) is 0 Å². The van der Waals surface area contributed by atoms with Crippen molar-refractivity contribution in [3.8, 4) is 0 Å². The molecule has 1 rings (SSSR count). The van der Waals surface area contributed by atoms with Crippen molar-refractivity contribution >= 4 is 0 Å². The minimum Gasteiger partial charge on any atom is -0.326 e. The highest BCUT2D eigenvalue weighted by Crippen LogP contribution is 2.30. The van der Waals surface area contributed by atoms with Crippen LogP contribution in [0.3, 0.4) is 0 Å². The van der Waals surface area contributed by atoms with Crippen LogP contribution in [0.1, 0.15) is 47.0 Å². The average molecular weight is 212 g/mol. The van der Waals surface area contributed by atoms with E-state index in [0.717, 1.165) is 12.5 Å². The van der Waals surface area contributed by atoms with Gasteiger partial charge in [-0.25, -0.2) is 0 Å². The lowest BCUT2D eigenvalue weighted by atomic mass is 9.99. The minimum atomic E-state index is 0.344. The first-order valence-electron chi connectivity index (χ1n) is 6.54. The normalized spacial score (nSPS) is 21.0. The fourth-order valence-electron chi connectivity index (χ4n) is 1.88. The Kier molecular flexibility index (Phi) is 5.07. The van der Waals surface area contributed by atoms with Crippen LogP contribution in [0, 0.1) is 11.8 Å². The summed E-state index contributed by atoms with van der Waals surface area (Å²) in [5, 5.41) is 0. The molecule has 1 saturated carbocycles. The Morgan fingerprint density at radius 2 is 1.87 bits per heavy atom. The molecular formula is C13H28N2. The number of rotatable bonds is 7. The third-order valence-corrected chi connectivity index (χ3v) is 3.74. The van der Waals surface area contributed by atoms with Gasteiger partial charge < -0.3 is 5.73 Å². The Morgan fingerprint density at radius 1 is 1.27 bits per heavy atom. The second-order valence-electron chi connectivity index (χ2n) is 5.54. The van der Waals surface area contributed by atoms with Crippen molar-refractivity contribution in [2.24, 2.45) is 17.6 Å². The molecule has 0 aromatic rings. The largest absolute Gasteiger partial charge is 0.326 e. The van der Waals surface area contributed by atoms with Gasteiger partial charge in [0.05, 0.1) is 0 Å². The predicted octanol–water partition coefficient (Wildman–Crippen LogP) is 2.48. The SMILES string of the molecule is CCC(C)C(N)CN(CC1CC1)C(C)C. The van der Waals surface area contributed by atoms with E-state index in [2.05, 4.69) is 32.6 Å². The summed E-state index contributed by atoms with van der Waals surface area (Å²) >= 11 is 0. The van der Waals surface area contributed by atoms with Gasteiger partial charge in [0, 0.05) is 25.2 Å². The molecule has 0 heterocycles. The summed E-state index contributed by atoms with van der Waals surface area (Å²) in [5.74, 6) is 1.61. The molecule has 1 fully saturated rings. The van der Waals surface area contributed by atoms with Crippen molar-refractivity contribution in [2.75, 3.05) is 13.1 Å². The number of nitrogens with two attached hydrogens (primary N) is 1. The smallest absolute Gasteiger partial charge is 0.0193 e. The lowest BCUT2D eigenvalue weighted by molar-refractivity contribution is 0.183. The van der Waals surface area contributed by atoms with Crippen LogP contribution in [0.5, 0.6) is 0 Å². The quantitative estimate of drug-likeness (QED) is 0.702. The van der Waals surface area contributed by atoms with E-state index in [0.29, 0.717) is 18.0 Å². The van der Waals surface area contributed by atoms with Gasteiger partial charge in [0.25, 0.3) is 0 Å². The molecule has 2 nitrogen and oxygen atoms in total. The summed E-state index contributed by atoms with van der Waals surface area (Å²) in [6, 6.07) is 0.983. The van der Waals surface area contributed by atoms with E-state index in [1.54, 1.807) is 0 Å². The third-order valence-electron chi connectivity index (χ3n) is 3.74. The summed E-state index contributed by atoms with van der Waals surface area (Å²) in [5.41, 5.74) is 6.22. The minimum absolute atomic E-state index is 0.344. The van der Waals surface area contributed by atoms with Gasteiger partial charge in [-0.2, -0.15) is 0 Å². The molecule has 0 amide bonds. The third kappa shape index (κ3) is 4.52. The molecule has 2 unspecified atom stereocenters. The van der Waals surface area contributed by atoms with Crippen LogP contribution in [0.4, 0.5) is 0 Å². The molecule has 0 spiro atoms. The van der Waals surface area contributed by atoms with Crippen LogP contribution in [0.2, 0.25) is 0 Å². The Labute approximate surface area is 95.2 Å². The van der Waals surface area contributed by atoms with E-state index in [1.807, 2.05) is 0 Å². The average Bonchev–Trinajstić information content (AvgIpc) is 2.99. The first kappa shape index (κ1) is 13.0. The predicted molar refractivity (Wildman–Crippen MR) is 66.9 cm³/mol. The fourth-order valence-corrected chi connectivity index (χ4v) is 1.88. The highest BCUT2D eigenvalue weighted by molar-refractivity contribution is 4.82. The number of nitrogens with zero attached hydrogens (tertiary/aromatic N) is 1. The van der Waals surface area contributed by atoms with Crippen molar-refractivity contribution in [3.05, 3.63) is 0 Å². The van der Waals surface area contributed by atoms with E-state index >= 15 is 0 Å². The molecule has 0 aliphatic heterocycles. The van der Waals surface area contributed by atoms with Crippen molar-refractivity contribution < 1.29 is 0 Å². The van der Waals surface area contributed by atoms with Gasteiger partial charge >= 0.3 is 0 Å². The molecular weight excluding hydrogens is 184 g/mol. The van der Waals surface area contributed by atoms with Gasteiger partial charge in [-0.05, 0) is 38.5 Å². The molecule has 0 radical (unpaired) electrons. The second-order valence-corrected chi connectivity index (χ2v) is 5.54. The first-order valence-corrected chi connectivity index (χ1v) is 6.54. The Balaban J connectivity index is 2.34. The molecule has 0 aromatic carbocycles. The summed E-state index contributed by atoms with van der Waals surface area (Å²) in [6.45, 7) is 11.4. The van der Waals surface area contributed by atoms with E-state index in [9.17, 15) is 0 Å². The molecule has 1 aliphatic rings. The number of hydrogen-bond donors (Lipinski definition) is 1. The van der Waals surface area contributed by atoms with Crippen molar-refractivity contribution in [1.82, 2.24) is 4.90 Å². The van der Waals surface area contributed by atoms with Crippen LogP contribution in [-0.2, 0) is 0 Å². The zero-order chi connectivity index (χ0) is 11.4. The Morgan fingerprint density at radius 3 is 2.27 bits per heavy atom. The lowest BCUT2D eigenvalue weighted by Gasteiger charge is -2.31. The van der Waals surface area contributed by atoms with Crippen LogP contribution in [-0.4, -0.2) is 30.1 Å². The molecule has 2 atom stereocenters. The maximum atomic E-state index is 6.22. The highest BCUT2D eigenvalue weighted by atomic mass is 15.2. The van der Waals surface area contributed by atoms with Crippen LogP contribution >= 0.6 is 0 Å². The van der Waals surface area contributed by atoms with E-state index in [4.69, 9.17) is 5.73 Å². The standard InChI is InChI=1S/C13H28N2/c1-5-11(4)13(14)9-15(10(2)3)8-12-6-7-12/h10-13H,5-9,14H2,1-4H3. The molecule has 0 saturated heterocycles. The summed E-state index contributed by atoms with van der Waals surface area (Å²) in [7, 11) is 0. The van der Waals surface area contributed by atoms with E-state index < -0.39 is 0 Å². The molecule has 1 aliphatic carbocycles. The van der Waals surface area contributed by atoms with Gasteiger partial charge in [-0.1, -0.05) is 20.3 Å². The zero-order valence-corrected chi connectivity index (χ0v) is 10.9. The van der Waals surface area contributed by atoms with Crippen LogP contribution in [0.25, 0.3) is 0 Å². The maximum absolute atomic E-state index is 6.22. The van der Waals surface area contributed by atoms with Crippen molar-refractivity contribution in [1.29, 1.82) is 0 Å². The fraction of sp³-hybridized carbons (Fsp3) is 1.00. The van der Waals surface area contributed by atoms with Crippen molar-refractivity contribution in [3.63, 3.8) is 0 Å². The molecule has 2 heteroatoms. The molecule has 2 N–H and O–H groups in total. The van der Waals surface area contributed by atoms with Gasteiger partial charge in [0.2, 0.25) is 0 Å².